The zero-order valence-electron chi connectivity index (χ0n) is 12.2. The number of urea groups is 1. The SMILES string of the molecule is CN(N[C@H](C(=O)NC(N)=O)c1ccccc1)c1ccccc1. The van der Waals surface area contributed by atoms with Crippen LogP contribution < -0.4 is 21.5 Å². The van der Waals surface area contributed by atoms with Gasteiger partial charge in [0, 0.05) is 7.05 Å². The Labute approximate surface area is 128 Å². The minimum Gasteiger partial charge on any atom is -0.351 e. The van der Waals surface area contributed by atoms with Gasteiger partial charge >= 0.3 is 6.03 Å². The molecule has 0 bridgehead atoms. The van der Waals surface area contributed by atoms with Gasteiger partial charge in [-0.2, -0.15) is 0 Å². The molecule has 2 aromatic rings. The highest BCUT2D eigenvalue weighted by Crippen LogP contribution is 2.16. The molecule has 6 heteroatoms. The largest absolute Gasteiger partial charge is 0.351 e. The number of benzene rings is 2. The van der Waals surface area contributed by atoms with Crippen LogP contribution in [0.4, 0.5) is 10.5 Å². The van der Waals surface area contributed by atoms with E-state index in [1.165, 1.54) is 0 Å². The summed E-state index contributed by atoms with van der Waals surface area (Å²) < 4.78 is 0. The monoisotopic (exact) mass is 298 g/mol. The van der Waals surface area contributed by atoms with Gasteiger partial charge in [0.2, 0.25) is 0 Å². The Balaban J connectivity index is 2.21. The lowest BCUT2D eigenvalue weighted by Gasteiger charge is -2.26. The number of hydrogen-bond donors (Lipinski definition) is 3. The van der Waals surface area contributed by atoms with Crippen LogP contribution in [0.15, 0.2) is 60.7 Å². The number of rotatable bonds is 5. The number of hydrazine groups is 1. The van der Waals surface area contributed by atoms with Gasteiger partial charge in [0.1, 0.15) is 6.04 Å². The van der Waals surface area contributed by atoms with Crippen molar-refractivity contribution in [3.05, 3.63) is 66.2 Å². The van der Waals surface area contributed by atoms with Crippen LogP contribution in [0.5, 0.6) is 0 Å². The number of nitrogens with one attached hydrogen (secondary N) is 2. The summed E-state index contributed by atoms with van der Waals surface area (Å²) in [5, 5.41) is 3.83. The van der Waals surface area contributed by atoms with Crippen molar-refractivity contribution in [2.24, 2.45) is 5.73 Å². The van der Waals surface area contributed by atoms with Gasteiger partial charge in [0.15, 0.2) is 0 Å². The van der Waals surface area contributed by atoms with Crippen LogP contribution in [0.1, 0.15) is 11.6 Å². The number of nitrogens with zero attached hydrogens (tertiary/aromatic N) is 1. The van der Waals surface area contributed by atoms with Gasteiger partial charge in [-0.3, -0.25) is 10.1 Å². The number of hydrogen-bond acceptors (Lipinski definition) is 4. The molecule has 1 atom stereocenters. The molecule has 0 aliphatic rings. The number of carbonyl (C=O) groups excluding carboxylic acids is 2. The van der Waals surface area contributed by atoms with Gasteiger partial charge < -0.3 is 10.7 Å². The van der Waals surface area contributed by atoms with Crippen molar-refractivity contribution in [3.8, 4) is 0 Å². The number of amides is 3. The number of imide groups is 1. The molecule has 0 saturated heterocycles. The summed E-state index contributed by atoms with van der Waals surface area (Å²) in [5.74, 6) is -0.513. The van der Waals surface area contributed by atoms with Crippen LogP contribution in [0, 0.1) is 0 Å². The number of nitrogens with two attached hydrogens (primary N) is 1. The fourth-order valence-corrected chi connectivity index (χ4v) is 2.04. The fraction of sp³-hybridized carbons (Fsp3) is 0.125. The second kappa shape index (κ2) is 7.24. The first-order valence-electron chi connectivity index (χ1n) is 6.78. The van der Waals surface area contributed by atoms with Crippen molar-refractivity contribution >= 4 is 17.6 Å². The minimum atomic E-state index is -0.880. The summed E-state index contributed by atoms with van der Waals surface area (Å²) in [6.45, 7) is 0. The summed E-state index contributed by atoms with van der Waals surface area (Å²) in [5.41, 5.74) is 9.72. The van der Waals surface area contributed by atoms with Crippen molar-refractivity contribution in [3.63, 3.8) is 0 Å². The van der Waals surface area contributed by atoms with Gasteiger partial charge in [-0.25, -0.2) is 10.2 Å². The summed E-state index contributed by atoms with van der Waals surface area (Å²) in [4.78, 5) is 23.2. The van der Waals surface area contributed by atoms with Crippen LogP contribution in [0.2, 0.25) is 0 Å². The van der Waals surface area contributed by atoms with E-state index in [9.17, 15) is 9.59 Å². The molecular weight excluding hydrogens is 280 g/mol. The van der Waals surface area contributed by atoms with E-state index in [-0.39, 0.29) is 0 Å². The van der Waals surface area contributed by atoms with Gasteiger partial charge in [0.25, 0.3) is 5.91 Å². The van der Waals surface area contributed by atoms with E-state index in [1.54, 1.807) is 24.2 Å². The van der Waals surface area contributed by atoms with E-state index in [0.29, 0.717) is 0 Å². The second-order valence-electron chi connectivity index (χ2n) is 4.72. The molecule has 22 heavy (non-hydrogen) atoms. The molecule has 0 heterocycles. The van der Waals surface area contributed by atoms with Gasteiger partial charge in [0.05, 0.1) is 5.69 Å². The highest BCUT2D eigenvalue weighted by atomic mass is 16.2. The summed E-state index contributed by atoms with van der Waals surface area (Å²) in [7, 11) is 1.79. The predicted octanol–water partition coefficient (Wildman–Crippen LogP) is 1.56. The summed E-state index contributed by atoms with van der Waals surface area (Å²) in [6, 6.07) is 17.0. The Morgan fingerprint density at radius 1 is 1.00 bits per heavy atom. The molecule has 0 aliphatic carbocycles. The molecule has 0 fully saturated rings. The van der Waals surface area contributed by atoms with Crippen LogP contribution in [0.25, 0.3) is 0 Å². The first kappa shape index (κ1) is 15.5. The van der Waals surface area contributed by atoms with E-state index in [2.05, 4.69) is 10.7 Å². The number of anilines is 1. The fourth-order valence-electron chi connectivity index (χ4n) is 2.04. The third-order valence-corrected chi connectivity index (χ3v) is 3.11. The van der Waals surface area contributed by atoms with E-state index in [4.69, 9.17) is 5.73 Å². The van der Waals surface area contributed by atoms with E-state index in [0.717, 1.165) is 11.3 Å². The van der Waals surface area contributed by atoms with Crippen molar-refractivity contribution in [2.45, 2.75) is 6.04 Å². The first-order chi connectivity index (χ1) is 10.6. The Kier molecular flexibility index (Phi) is 5.11. The Morgan fingerprint density at radius 3 is 2.09 bits per heavy atom. The second-order valence-corrected chi connectivity index (χ2v) is 4.72. The van der Waals surface area contributed by atoms with Crippen LogP contribution in [0.3, 0.4) is 0 Å². The molecular formula is C16H18N4O2. The molecule has 4 N–H and O–H groups in total. The molecule has 0 aliphatic heterocycles. The highest BCUT2D eigenvalue weighted by molar-refractivity contribution is 5.96. The third-order valence-electron chi connectivity index (χ3n) is 3.11. The van der Waals surface area contributed by atoms with Gasteiger partial charge in [-0.15, -0.1) is 0 Å². The smallest absolute Gasteiger partial charge is 0.318 e. The lowest BCUT2D eigenvalue weighted by Crippen LogP contribution is -2.47. The molecule has 0 aromatic heterocycles. The average molecular weight is 298 g/mol. The quantitative estimate of drug-likeness (QED) is 0.731. The zero-order chi connectivity index (χ0) is 15.9. The molecule has 0 unspecified atom stereocenters. The Bertz CT molecular complexity index is 631. The topological polar surface area (TPSA) is 87.5 Å². The van der Waals surface area contributed by atoms with Crippen molar-refractivity contribution < 1.29 is 9.59 Å². The normalized spacial score (nSPS) is 11.5. The molecule has 0 saturated carbocycles. The predicted molar refractivity (Wildman–Crippen MR) is 84.9 cm³/mol. The maximum Gasteiger partial charge on any atom is 0.318 e. The maximum atomic E-state index is 12.2. The Morgan fingerprint density at radius 2 is 1.55 bits per heavy atom. The lowest BCUT2D eigenvalue weighted by molar-refractivity contribution is -0.122. The molecule has 6 nitrogen and oxygen atoms in total. The van der Waals surface area contributed by atoms with E-state index >= 15 is 0 Å². The van der Waals surface area contributed by atoms with Crippen molar-refractivity contribution in [1.82, 2.24) is 10.7 Å². The maximum absolute atomic E-state index is 12.2. The summed E-state index contributed by atoms with van der Waals surface area (Å²) in [6.07, 6.45) is 0. The third kappa shape index (κ3) is 4.07. The van der Waals surface area contributed by atoms with Crippen LogP contribution in [-0.4, -0.2) is 19.0 Å². The standard InChI is InChI=1S/C16H18N4O2/c1-20(13-10-6-3-7-11-13)19-14(15(21)18-16(17)22)12-8-4-2-5-9-12/h2-11,14,19H,1H3,(H3,17,18,21,22)/t14-/m0/s1. The molecule has 2 rings (SSSR count). The lowest BCUT2D eigenvalue weighted by atomic mass is 10.1. The molecule has 3 amide bonds. The molecule has 0 spiro atoms. The average Bonchev–Trinajstić information content (AvgIpc) is 2.53. The number of carbonyl (C=O) groups is 2. The first-order valence-corrected chi connectivity index (χ1v) is 6.78. The number of primary amides is 1. The minimum absolute atomic E-state index is 0.513. The Hall–Kier alpha value is -2.86. The molecule has 114 valence electrons. The van der Waals surface area contributed by atoms with Gasteiger partial charge in [-0.05, 0) is 17.7 Å². The van der Waals surface area contributed by atoms with Crippen molar-refractivity contribution in [2.75, 3.05) is 12.1 Å². The summed E-state index contributed by atoms with van der Waals surface area (Å²) >= 11 is 0. The van der Waals surface area contributed by atoms with E-state index < -0.39 is 18.0 Å². The number of para-hydroxylation sites is 1. The molecule has 2 aromatic carbocycles. The zero-order valence-corrected chi connectivity index (χ0v) is 12.2. The van der Waals surface area contributed by atoms with Crippen LogP contribution >= 0.6 is 0 Å². The van der Waals surface area contributed by atoms with Gasteiger partial charge in [-0.1, -0.05) is 48.5 Å². The molecule has 0 radical (unpaired) electrons. The van der Waals surface area contributed by atoms with E-state index in [1.807, 2.05) is 48.5 Å². The van der Waals surface area contributed by atoms with Crippen molar-refractivity contribution in [1.29, 1.82) is 0 Å². The van der Waals surface area contributed by atoms with Crippen LogP contribution in [-0.2, 0) is 4.79 Å². The highest BCUT2D eigenvalue weighted by Gasteiger charge is 2.23.